The van der Waals surface area contributed by atoms with Crippen LogP contribution in [-0.2, 0) is 6.54 Å². The highest BCUT2D eigenvalue weighted by Crippen LogP contribution is 2.06. The van der Waals surface area contributed by atoms with E-state index in [0.29, 0.717) is 5.69 Å². The van der Waals surface area contributed by atoms with Gasteiger partial charge in [0.05, 0.1) is 6.04 Å². The van der Waals surface area contributed by atoms with E-state index < -0.39 is 0 Å². The van der Waals surface area contributed by atoms with E-state index >= 15 is 0 Å². The van der Waals surface area contributed by atoms with Crippen molar-refractivity contribution in [2.75, 3.05) is 0 Å². The number of aryl methyl sites for hydroxylation is 1. The van der Waals surface area contributed by atoms with Gasteiger partial charge in [-0.15, -0.1) is 0 Å². The van der Waals surface area contributed by atoms with Crippen LogP contribution < -0.4 is 5.73 Å². The maximum Gasteiger partial charge on any atom is 0.197 e. The van der Waals surface area contributed by atoms with Crippen LogP contribution >= 0.6 is 0 Å². The van der Waals surface area contributed by atoms with Crippen LogP contribution in [-0.4, -0.2) is 21.6 Å². The van der Waals surface area contributed by atoms with Crippen molar-refractivity contribution >= 4 is 5.78 Å². The Morgan fingerprint density at radius 1 is 1.53 bits per heavy atom. The molecule has 0 saturated heterocycles. The lowest BCUT2D eigenvalue weighted by molar-refractivity contribution is 0.0946. The van der Waals surface area contributed by atoms with E-state index in [4.69, 9.17) is 5.73 Å². The fraction of sp³-hybridized carbons (Fsp3) is 0.636. The van der Waals surface area contributed by atoms with E-state index in [1.54, 1.807) is 16.9 Å². The maximum atomic E-state index is 11.9. The molecule has 4 heteroatoms. The molecule has 0 amide bonds. The van der Waals surface area contributed by atoms with Gasteiger partial charge in [0.2, 0.25) is 0 Å². The van der Waals surface area contributed by atoms with Gasteiger partial charge in [0.1, 0.15) is 5.69 Å². The molecule has 4 nitrogen and oxygen atoms in total. The number of ketones is 1. The van der Waals surface area contributed by atoms with Crippen LogP contribution in [0.15, 0.2) is 12.3 Å². The second kappa shape index (κ2) is 5.66. The summed E-state index contributed by atoms with van der Waals surface area (Å²) >= 11 is 0. The molecule has 1 aromatic heterocycles. The molecule has 1 aromatic rings. The van der Waals surface area contributed by atoms with Crippen molar-refractivity contribution in [2.45, 2.75) is 45.7 Å². The monoisotopic (exact) mass is 209 g/mol. The Morgan fingerprint density at radius 2 is 2.27 bits per heavy atom. The van der Waals surface area contributed by atoms with Crippen LogP contribution in [0.3, 0.4) is 0 Å². The van der Waals surface area contributed by atoms with Gasteiger partial charge in [-0.25, -0.2) is 0 Å². The molecule has 1 heterocycles. The van der Waals surface area contributed by atoms with Gasteiger partial charge in [0.15, 0.2) is 5.78 Å². The molecule has 0 aliphatic rings. The molecule has 0 aromatic carbocycles. The zero-order chi connectivity index (χ0) is 11.3. The number of hydrogen-bond acceptors (Lipinski definition) is 3. The Kier molecular flexibility index (Phi) is 4.49. The van der Waals surface area contributed by atoms with Gasteiger partial charge in [0, 0.05) is 12.7 Å². The lowest BCUT2D eigenvalue weighted by Gasteiger charge is -2.10. The highest BCUT2D eigenvalue weighted by atomic mass is 16.1. The van der Waals surface area contributed by atoms with E-state index in [1.807, 2.05) is 6.92 Å². The highest BCUT2D eigenvalue weighted by molar-refractivity contribution is 5.98. The molecule has 0 radical (unpaired) electrons. The fourth-order valence-electron chi connectivity index (χ4n) is 1.56. The molecule has 0 saturated carbocycles. The topological polar surface area (TPSA) is 60.9 Å². The number of nitrogens with two attached hydrogens (primary N) is 1. The SMILES string of the molecule is CCCC(N)C(=O)c1ccnn1CCC. The zero-order valence-corrected chi connectivity index (χ0v) is 9.44. The van der Waals surface area contributed by atoms with Gasteiger partial charge in [-0.1, -0.05) is 20.3 Å². The maximum absolute atomic E-state index is 11.9. The Balaban J connectivity index is 2.76. The van der Waals surface area contributed by atoms with Gasteiger partial charge < -0.3 is 5.73 Å². The number of carbonyl (C=O) groups is 1. The molecule has 1 unspecified atom stereocenters. The van der Waals surface area contributed by atoms with Crippen molar-refractivity contribution in [3.05, 3.63) is 18.0 Å². The Labute approximate surface area is 90.5 Å². The summed E-state index contributed by atoms with van der Waals surface area (Å²) < 4.78 is 1.73. The normalized spacial score (nSPS) is 12.7. The molecular weight excluding hydrogens is 190 g/mol. The second-order valence-corrected chi connectivity index (χ2v) is 3.70. The van der Waals surface area contributed by atoms with Crippen molar-refractivity contribution in [3.63, 3.8) is 0 Å². The van der Waals surface area contributed by atoms with E-state index in [0.717, 1.165) is 25.8 Å². The van der Waals surface area contributed by atoms with Crippen LogP contribution in [0.4, 0.5) is 0 Å². The summed E-state index contributed by atoms with van der Waals surface area (Å²) in [6.07, 6.45) is 4.28. The van der Waals surface area contributed by atoms with E-state index in [9.17, 15) is 4.79 Å². The Hall–Kier alpha value is -1.16. The third kappa shape index (κ3) is 2.89. The molecule has 84 valence electrons. The number of carbonyl (C=O) groups excluding carboxylic acids is 1. The van der Waals surface area contributed by atoms with Crippen LogP contribution in [0.25, 0.3) is 0 Å². The summed E-state index contributed by atoms with van der Waals surface area (Å²) in [5.74, 6) is 0.00259. The summed E-state index contributed by atoms with van der Waals surface area (Å²) in [6.45, 7) is 4.85. The lowest BCUT2D eigenvalue weighted by atomic mass is 10.1. The molecule has 2 N–H and O–H groups in total. The molecule has 0 bridgehead atoms. The molecule has 0 fully saturated rings. The summed E-state index contributed by atoms with van der Waals surface area (Å²) in [6, 6.07) is 1.36. The second-order valence-electron chi connectivity index (χ2n) is 3.70. The van der Waals surface area contributed by atoms with Crippen LogP contribution in [0.2, 0.25) is 0 Å². The number of Topliss-reactive ketones (excluding diaryl/α,β-unsaturated/α-hetero) is 1. The van der Waals surface area contributed by atoms with Gasteiger partial charge in [-0.3, -0.25) is 9.48 Å². The van der Waals surface area contributed by atoms with Crippen molar-refractivity contribution in [1.82, 2.24) is 9.78 Å². The minimum absolute atomic E-state index is 0.00259. The molecule has 0 aliphatic heterocycles. The summed E-state index contributed by atoms with van der Waals surface area (Å²) in [7, 11) is 0. The number of hydrogen-bond donors (Lipinski definition) is 1. The molecule has 1 rings (SSSR count). The Morgan fingerprint density at radius 3 is 2.87 bits per heavy atom. The van der Waals surface area contributed by atoms with E-state index in [2.05, 4.69) is 12.0 Å². The smallest absolute Gasteiger partial charge is 0.197 e. The first-order valence-electron chi connectivity index (χ1n) is 5.52. The van der Waals surface area contributed by atoms with Crippen molar-refractivity contribution < 1.29 is 4.79 Å². The first-order valence-corrected chi connectivity index (χ1v) is 5.52. The van der Waals surface area contributed by atoms with E-state index in [-0.39, 0.29) is 11.8 Å². The van der Waals surface area contributed by atoms with Crippen molar-refractivity contribution in [2.24, 2.45) is 5.73 Å². The predicted molar refractivity (Wildman–Crippen MR) is 59.7 cm³/mol. The largest absolute Gasteiger partial charge is 0.321 e. The third-order valence-corrected chi connectivity index (χ3v) is 2.34. The first kappa shape index (κ1) is 11.9. The number of rotatable bonds is 6. The van der Waals surface area contributed by atoms with Gasteiger partial charge in [-0.05, 0) is 18.9 Å². The van der Waals surface area contributed by atoms with Crippen molar-refractivity contribution in [3.8, 4) is 0 Å². The fourth-order valence-corrected chi connectivity index (χ4v) is 1.56. The quantitative estimate of drug-likeness (QED) is 0.724. The predicted octanol–water partition coefficient (Wildman–Crippen LogP) is 1.60. The van der Waals surface area contributed by atoms with Gasteiger partial charge >= 0.3 is 0 Å². The average Bonchev–Trinajstić information content (AvgIpc) is 2.66. The minimum atomic E-state index is -0.387. The molecular formula is C11H19N3O. The summed E-state index contributed by atoms with van der Waals surface area (Å²) in [5.41, 5.74) is 6.43. The summed E-state index contributed by atoms with van der Waals surface area (Å²) in [5, 5.41) is 4.11. The number of nitrogens with zero attached hydrogens (tertiary/aromatic N) is 2. The Bertz CT molecular complexity index is 319. The average molecular weight is 209 g/mol. The van der Waals surface area contributed by atoms with Gasteiger partial charge in [-0.2, -0.15) is 5.10 Å². The number of aromatic nitrogens is 2. The highest BCUT2D eigenvalue weighted by Gasteiger charge is 2.18. The molecule has 0 aliphatic carbocycles. The molecule has 15 heavy (non-hydrogen) atoms. The third-order valence-electron chi connectivity index (χ3n) is 2.34. The summed E-state index contributed by atoms with van der Waals surface area (Å²) in [4.78, 5) is 11.9. The lowest BCUT2D eigenvalue weighted by Crippen LogP contribution is -2.32. The zero-order valence-electron chi connectivity index (χ0n) is 9.44. The standard InChI is InChI=1S/C11H19N3O/c1-3-5-9(12)11(15)10-6-7-13-14(10)8-4-2/h6-7,9H,3-5,8,12H2,1-2H3. The van der Waals surface area contributed by atoms with Crippen molar-refractivity contribution in [1.29, 1.82) is 0 Å². The molecule has 1 atom stereocenters. The molecule has 0 spiro atoms. The first-order chi connectivity index (χ1) is 7.20. The van der Waals surface area contributed by atoms with Crippen LogP contribution in [0.5, 0.6) is 0 Å². The van der Waals surface area contributed by atoms with Crippen LogP contribution in [0.1, 0.15) is 43.6 Å². The van der Waals surface area contributed by atoms with Gasteiger partial charge in [0.25, 0.3) is 0 Å². The van der Waals surface area contributed by atoms with Crippen LogP contribution in [0, 0.1) is 0 Å². The minimum Gasteiger partial charge on any atom is -0.321 e. The van der Waals surface area contributed by atoms with E-state index in [1.165, 1.54) is 0 Å².